The zero-order chi connectivity index (χ0) is 13.0. The van der Waals surface area contributed by atoms with E-state index in [1.54, 1.807) is 6.92 Å². The largest absolute Gasteiger partial charge is 0.484 e. The molecule has 0 amide bonds. The molecule has 1 heterocycles. The number of hydrogen-bond donors (Lipinski definition) is 1. The molecule has 0 aliphatic heterocycles. The summed E-state index contributed by atoms with van der Waals surface area (Å²) in [6, 6.07) is 5.93. The van der Waals surface area contributed by atoms with Crippen molar-refractivity contribution in [2.45, 2.75) is 20.1 Å². The first-order valence-corrected chi connectivity index (χ1v) is 6.34. The molecule has 5 nitrogen and oxygen atoms in total. The molecule has 1 aromatic carbocycles. The van der Waals surface area contributed by atoms with Gasteiger partial charge in [0.1, 0.15) is 5.75 Å². The van der Waals surface area contributed by atoms with Crippen LogP contribution in [0, 0.1) is 6.92 Å². The molecule has 6 heteroatoms. The van der Waals surface area contributed by atoms with E-state index < -0.39 is 0 Å². The molecule has 0 radical (unpaired) electrons. The molecular weight excluding hydrogens is 298 g/mol. The number of ether oxygens (including phenoxy) is 1. The van der Waals surface area contributed by atoms with Gasteiger partial charge in [-0.3, -0.25) is 0 Å². The number of benzene rings is 1. The maximum atomic E-state index is 5.75. The Hall–Kier alpha value is -1.40. The SMILES string of the molecule is CNCc1cccc(Br)c1OCc1noc(C)n1. The van der Waals surface area contributed by atoms with Crippen LogP contribution in [0.3, 0.4) is 0 Å². The summed E-state index contributed by atoms with van der Waals surface area (Å²) in [5.74, 6) is 1.88. The molecule has 0 spiro atoms. The molecule has 1 aromatic heterocycles. The Labute approximate surface area is 114 Å². The molecule has 2 aromatic rings. The summed E-state index contributed by atoms with van der Waals surface area (Å²) in [7, 11) is 1.90. The second kappa shape index (κ2) is 5.97. The van der Waals surface area contributed by atoms with Crippen LogP contribution in [-0.2, 0) is 13.2 Å². The summed E-state index contributed by atoms with van der Waals surface area (Å²) in [5, 5.41) is 6.90. The van der Waals surface area contributed by atoms with Gasteiger partial charge in [-0.05, 0) is 29.0 Å². The van der Waals surface area contributed by atoms with Crippen molar-refractivity contribution < 1.29 is 9.26 Å². The average Bonchev–Trinajstić information content (AvgIpc) is 2.75. The number of aromatic nitrogens is 2. The third-order valence-corrected chi connectivity index (χ3v) is 2.96. The minimum atomic E-state index is 0.288. The zero-order valence-electron chi connectivity index (χ0n) is 10.2. The van der Waals surface area contributed by atoms with Gasteiger partial charge in [0.05, 0.1) is 4.47 Å². The van der Waals surface area contributed by atoms with Crippen LogP contribution in [0.15, 0.2) is 27.2 Å². The van der Waals surface area contributed by atoms with Crippen molar-refractivity contribution in [3.63, 3.8) is 0 Å². The fraction of sp³-hybridized carbons (Fsp3) is 0.333. The normalized spacial score (nSPS) is 10.6. The number of nitrogens with one attached hydrogen (secondary N) is 1. The van der Waals surface area contributed by atoms with Gasteiger partial charge in [-0.25, -0.2) is 0 Å². The highest BCUT2D eigenvalue weighted by Crippen LogP contribution is 2.29. The monoisotopic (exact) mass is 311 g/mol. The molecule has 2 rings (SSSR count). The highest BCUT2D eigenvalue weighted by molar-refractivity contribution is 9.10. The second-order valence-electron chi connectivity index (χ2n) is 3.78. The van der Waals surface area contributed by atoms with Gasteiger partial charge in [0.15, 0.2) is 6.61 Å². The quantitative estimate of drug-likeness (QED) is 0.919. The number of nitrogens with zero attached hydrogens (tertiary/aromatic N) is 2. The molecule has 96 valence electrons. The van der Waals surface area contributed by atoms with Crippen molar-refractivity contribution in [3.05, 3.63) is 40.0 Å². The van der Waals surface area contributed by atoms with Crippen molar-refractivity contribution in [3.8, 4) is 5.75 Å². The van der Waals surface area contributed by atoms with E-state index in [1.807, 2.05) is 25.2 Å². The van der Waals surface area contributed by atoms with E-state index in [0.717, 1.165) is 22.3 Å². The maximum Gasteiger partial charge on any atom is 0.223 e. The Morgan fingerprint density at radius 2 is 2.28 bits per heavy atom. The van der Waals surface area contributed by atoms with E-state index in [-0.39, 0.29) is 6.61 Å². The first-order valence-electron chi connectivity index (χ1n) is 5.54. The third-order valence-electron chi connectivity index (χ3n) is 2.33. The third kappa shape index (κ3) is 3.08. The Morgan fingerprint density at radius 1 is 1.44 bits per heavy atom. The van der Waals surface area contributed by atoms with Gasteiger partial charge in [-0.15, -0.1) is 0 Å². The molecule has 18 heavy (non-hydrogen) atoms. The number of rotatable bonds is 5. The topological polar surface area (TPSA) is 60.2 Å². The first-order chi connectivity index (χ1) is 8.70. The second-order valence-corrected chi connectivity index (χ2v) is 4.63. The van der Waals surface area contributed by atoms with Crippen LogP contribution in [0.2, 0.25) is 0 Å². The van der Waals surface area contributed by atoms with Crippen LogP contribution >= 0.6 is 15.9 Å². The number of aryl methyl sites for hydroxylation is 1. The van der Waals surface area contributed by atoms with Crippen LogP contribution in [0.25, 0.3) is 0 Å². The lowest BCUT2D eigenvalue weighted by atomic mass is 10.2. The standard InChI is InChI=1S/C12H14BrN3O2/c1-8-15-11(16-18-8)7-17-12-9(6-14-2)4-3-5-10(12)13/h3-5,14H,6-7H2,1-2H3. The van der Waals surface area contributed by atoms with Crippen LogP contribution in [0.4, 0.5) is 0 Å². The molecule has 0 aliphatic carbocycles. The number of hydrogen-bond acceptors (Lipinski definition) is 5. The lowest BCUT2D eigenvalue weighted by Crippen LogP contribution is -2.08. The smallest absolute Gasteiger partial charge is 0.223 e. The van der Waals surface area contributed by atoms with Gasteiger partial charge in [-0.2, -0.15) is 4.98 Å². The fourth-order valence-corrected chi connectivity index (χ4v) is 2.10. The van der Waals surface area contributed by atoms with Gasteiger partial charge in [0.25, 0.3) is 0 Å². The van der Waals surface area contributed by atoms with Gasteiger partial charge in [0.2, 0.25) is 11.7 Å². The van der Waals surface area contributed by atoms with Crippen LogP contribution in [0.1, 0.15) is 17.3 Å². The van der Waals surface area contributed by atoms with E-state index in [2.05, 4.69) is 31.4 Å². The Kier molecular flexibility index (Phi) is 4.33. The fourth-order valence-electron chi connectivity index (χ4n) is 1.58. The Balaban J connectivity index is 2.12. The number of para-hydroxylation sites is 1. The summed E-state index contributed by atoms with van der Waals surface area (Å²) < 4.78 is 11.6. The molecule has 0 bridgehead atoms. The van der Waals surface area contributed by atoms with Crippen LogP contribution in [0.5, 0.6) is 5.75 Å². The predicted octanol–water partition coefficient (Wildman–Crippen LogP) is 2.44. The summed E-state index contributed by atoms with van der Waals surface area (Å²) in [5.41, 5.74) is 1.08. The number of halogens is 1. The summed E-state index contributed by atoms with van der Waals surface area (Å²) in [6.07, 6.45) is 0. The molecule has 0 fully saturated rings. The molecular formula is C12H14BrN3O2. The predicted molar refractivity (Wildman–Crippen MR) is 70.3 cm³/mol. The average molecular weight is 312 g/mol. The van der Waals surface area contributed by atoms with E-state index in [9.17, 15) is 0 Å². The maximum absolute atomic E-state index is 5.75. The van der Waals surface area contributed by atoms with Crippen molar-refractivity contribution >= 4 is 15.9 Å². The van der Waals surface area contributed by atoms with Crippen LogP contribution < -0.4 is 10.1 Å². The van der Waals surface area contributed by atoms with Crippen LogP contribution in [-0.4, -0.2) is 17.2 Å². The van der Waals surface area contributed by atoms with Gasteiger partial charge >= 0.3 is 0 Å². The lowest BCUT2D eigenvalue weighted by Gasteiger charge is -2.11. The molecule has 1 N–H and O–H groups in total. The molecule has 0 saturated carbocycles. The first kappa shape index (κ1) is 13.0. The minimum absolute atomic E-state index is 0.288. The van der Waals surface area contributed by atoms with Crippen molar-refractivity contribution in [1.82, 2.24) is 15.5 Å². The van der Waals surface area contributed by atoms with Gasteiger partial charge in [-0.1, -0.05) is 17.3 Å². The highest BCUT2D eigenvalue weighted by Gasteiger charge is 2.09. The van der Waals surface area contributed by atoms with E-state index in [0.29, 0.717) is 11.7 Å². The zero-order valence-corrected chi connectivity index (χ0v) is 11.8. The summed E-state index contributed by atoms with van der Waals surface area (Å²) in [4.78, 5) is 4.10. The van der Waals surface area contributed by atoms with E-state index in [1.165, 1.54) is 0 Å². The summed E-state index contributed by atoms with van der Waals surface area (Å²) >= 11 is 3.48. The van der Waals surface area contributed by atoms with Crippen molar-refractivity contribution in [1.29, 1.82) is 0 Å². The van der Waals surface area contributed by atoms with E-state index in [4.69, 9.17) is 9.26 Å². The Bertz CT molecular complexity index is 528. The molecule has 0 saturated heterocycles. The molecule has 0 atom stereocenters. The van der Waals surface area contributed by atoms with Crippen molar-refractivity contribution in [2.24, 2.45) is 0 Å². The Morgan fingerprint density at radius 3 is 2.94 bits per heavy atom. The lowest BCUT2D eigenvalue weighted by molar-refractivity contribution is 0.281. The highest BCUT2D eigenvalue weighted by atomic mass is 79.9. The van der Waals surface area contributed by atoms with Gasteiger partial charge < -0.3 is 14.6 Å². The molecule has 0 aliphatic rings. The van der Waals surface area contributed by atoms with Crippen molar-refractivity contribution in [2.75, 3.05) is 7.05 Å². The minimum Gasteiger partial charge on any atom is -0.484 e. The van der Waals surface area contributed by atoms with E-state index >= 15 is 0 Å². The summed E-state index contributed by atoms with van der Waals surface area (Å²) in [6.45, 7) is 2.78. The van der Waals surface area contributed by atoms with Gasteiger partial charge in [0, 0.05) is 19.0 Å². The molecule has 0 unspecified atom stereocenters.